The van der Waals surface area contributed by atoms with Crippen molar-refractivity contribution in [2.45, 2.75) is 84.5 Å². The van der Waals surface area contributed by atoms with E-state index in [4.69, 9.17) is 5.90 Å². The van der Waals surface area contributed by atoms with Crippen LogP contribution in [0.3, 0.4) is 0 Å². The molecule has 0 fully saturated rings. The van der Waals surface area contributed by atoms with Gasteiger partial charge in [-0.15, -0.1) is 0 Å². The smallest absolute Gasteiger partial charge is 0.324 e. The Morgan fingerprint density at radius 3 is 2.17 bits per heavy atom. The van der Waals surface area contributed by atoms with Crippen LogP contribution < -0.4 is 5.90 Å². The van der Waals surface area contributed by atoms with Crippen LogP contribution in [0.2, 0.25) is 0 Å². The van der Waals surface area contributed by atoms with E-state index in [1.54, 1.807) is 0 Å². The second-order valence-electron chi connectivity index (χ2n) is 5.21. The van der Waals surface area contributed by atoms with Crippen LogP contribution in [0.4, 0.5) is 0 Å². The van der Waals surface area contributed by atoms with Crippen LogP contribution in [0.1, 0.15) is 84.5 Å². The SMILES string of the molecule is CCCCCCCCCC(CC)CCC(=O)ON. The lowest BCUT2D eigenvalue weighted by atomic mass is 9.93. The molecule has 3 nitrogen and oxygen atoms in total. The number of unbranched alkanes of at least 4 members (excludes halogenated alkanes) is 6. The highest BCUT2D eigenvalue weighted by atomic mass is 16.7. The molecule has 18 heavy (non-hydrogen) atoms. The molecule has 0 amide bonds. The number of carbonyl (C=O) groups is 1. The summed E-state index contributed by atoms with van der Waals surface area (Å²) in [7, 11) is 0. The topological polar surface area (TPSA) is 52.3 Å². The van der Waals surface area contributed by atoms with Crippen molar-refractivity contribution in [3.63, 3.8) is 0 Å². The standard InChI is InChI=1S/C15H31NO2/c1-3-5-6-7-8-9-10-11-14(4-2)12-13-15(17)18-16/h14H,3-13,16H2,1-2H3. The summed E-state index contributed by atoms with van der Waals surface area (Å²) in [4.78, 5) is 15.1. The average molecular weight is 257 g/mol. The van der Waals surface area contributed by atoms with Gasteiger partial charge in [-0.25, -0.2) is 0 Å². The van der Waals surface area contributed by atoms with Gasteiger partial charge in [-0.05, 0) is 12.3 Å². The fourth-order valence-electron chi connectivity index (χ4n) is 2.32. The zero-order chi connectivity index (χ0) is 13.6. The third kappa shape index (κ3) is 10.6. The third-order valence-corrected chi connectivity index (χ3v) is 3.68. The zero-order valence-corrected chi connectivity index (χ0v) is 12.2. The van der Waals surface area contributed by atoms with Gasteiger partial charge in [0.25, 0.3) is 0 Å². The Kier molecular flexibility index (Phi) is 12.5. The first-order valence-corrected chi connectivity index (χ1v) is 7.64. The summed E-state index contributed by atoms with van der Waals surface area (Å²) in [6, 6.07) is 0. The highest BCUT2D eigenvalue weighted by Crippen LogP contribution is 2.20. The molecular formula is C15H31NO2. The van der Waals surface area contributed by atoms with Gasteiger partial charge in [0.05, 0.1) is 0 Å². The van der Waals surface area contributed by atoms with Crippen LogP contribution in [-0.4, -0.2) is 5.97 Å². The molecule has 0 spiro atoms. The van der Waals surface area contributed by atoms with Gasteiger partial charge in [-0.1, -0.05) is 71.6 Å². The predicted octanol–water partition coefficient (Wildman–Crippen LogP) is 4.35. The van der Waals surface area contributed by atoms with Gasteiger partial charge in [-0.3, -0.25) is 4.79 Å². The molecular weight excluding hydrogens is 226 g/mol. The molecule has 2 N–H and O–H groups in total. The van der Waals surface area contributed by atoms with Crippen LogP contribution in [0, 0.1) is 5.92 Å². The molecule has 0 bridgehead atoms. The van der Waals surface area contributed by atoms with Gasteiger partial charge in [-0.2, -0.15) is 5.90 Å². The van der Waals surface area contributed by atoms with Crippen molar-refractivity contribution in [2.75, 3.05) is 0 Å². The van der Waals surface area contributed by atoms with Crippen LogP contribution in [0.5, 0.6) is 0 Å². The second-order valence-corrected chi connectivity index (χ2v) is 5.21. The minimum absolute atomic E-state index is 0.284. The Bertz CT molecular complexity index is 195. The van der Waals surface area contributed by atoms with Gasteiger partial charge < -0.3 is 4.84 Å². The Morgan fingerprint density at radius 1 is 1.00 bits per heavy atom. The molecule has 0 aromatic heterocycles. The molecule has 3 heteroatoms. The maximum atomic E-state index is 11.0. The summed E-state index contributed by atoms with van der Waals surface area (Å²) in [6.07, 6.45) is 13.2. The van der Waals surface area contributed by atoms with E-state index < -0.39 is 0 Å². The Morgan fingerprint density at radius 2 is 1.61 bits per heavy atom. The lowest BCUT2D eigenvalue weighted by Gasteiger charge is -2.13. The first kappa shape index (κ1) is 17.4. The fourth-order valence-corrected chi connectivity index (χ4v) is 2.32. The Labute approximate surface area is 112 Å². The van der Waals surface area contributed by atoms with Crippen molar-refractivity contribution < 1.29 is 9.63 Å². The summed E-state index contributed by atoms with van der Waals surface area (Å²) in [5.41, 5.74) is 0. The second kappa shape index (κ2) is 12.9. The van der Waals surface area contributed by atoms with Crippen LogP contribution in [0.25, 0.3) is 0 Å². The van der Waals surface area contributed by atoms with Gasteiger partial charge in [0.2, 0.25) is 0 Å². The van der Waals surface area contributed by atoms with E-state index in [0.29, 0.717) is 12.3 Å². The van der Waals surface area contributed by atoms with Crippen molar-refractivity contribution in [2.24, 2.45) is 11.8 Å². The van der Waals surface area contributed by atoms with E-state index >= 15 is 0 Å². The minimum atomic E-state index is -0.284. The van der Waals surface area contributed by atoms with Crippen LogP contribution in [-0.2, 0) is 9.63 Å². The number of hydrogen-bond acceptors (Lipinski definition) is 3. The van der Waals surface area contributed by atoms with E-state index in [2.05, 4.69) is 18.7 Å². The Balaban J connectivity index is 3.41. The van der Waals surface area contributed by atoms with Crippen LogP contribution >= 0.6 is 0 Å². The molecule has 108 valence electrons. The average Bonchev–Trinajstić information content (AvgIpc) is 2.40. The van der Waals surface area contributed by atoms with Gasteiger partial charge >= 0.3 is 5.97 Å². The molecule has 1 unspecified atom stereocenters. The van der Waals surface area contributed by atoms with Crippen LogP contribution in [0.15, 0.2) is 0 Å². The van der Waals surface area contributed by atoms with Gasteiger partial charge in [0, 0.05) is 6.42 Å². The van der Waals surface area contributed by atoms with E-state index in [1.165, 1.54) is 51.4 Å². The van der Waals surface area contributed by atoms with Crippen molar-refractivity contribution >= 4 is 5.97 Å². The molecule has 0 aliphatic carbocycles. The van der Waals surface area contributed by atoms with Gasteiger partial charge in [0.15, 0.2) is 0 Å². The maximum Gasteiger partial charge on any atom is 0.324 e. The Hall–Kier alpha value is -0.570. The summed E-state index contributed by atoms with van der Waals surface area (Å²) in [5, 5.41) is 0. The van der Waals surface area contributed by atoms with E-state index in [9.17, 15) is 4.79 Å². The molecule has 0 radical (unpaired) electrons. The van der Waals surface area contributed by atoms with E-state index in [-0.39, 0.29) is 5.97 Å². The lowest BCUT2D eigenvalue weighted by Crippen LogP contribution is -2.11. The molecule has 0 rings (SSSR count). The normalized spacial score (nSPS) is 12.4. The number of hydrogen-bond donors (Lipinski definition) is 1. The number of nitrogens with two attached hydrogens (primary N) is 1. The molecule has 1 atom stereocenters. The summed E-state index contributed by atoms with van der Waals surface area (Å²) in [6.45, 7) is 4.44. The fraction of sp³-hybridized carbons (Fsp3) is 0.933. The monoisotopic (exact) mass is 257 g/mol. The molecule has 0 saturated heterocycles. The van der Waals surface area contributed by atoms with E-state index in [1.807, 2.05) is 0 Å². The summed E-state index contributed by atoms with van der Waals surface area (Å²) >= 11 is 0. The quantitative estimate of drug-likeness (QED) is 0.417. The van der Waals surface area contributed by atoms with Crippen molar-refractivity contribution in [1.82, 2.24) is 0 Å². The molecule has 0 aromatic carbocycles. The molecule has 0 heterocycles. The third-order valence-electron chi connectivity index (χ3n) is 3.68. The van der Waals surface area contributed by atoms with Gasteiger partial charge in [0.1, 0.15) is 0 Å². The predicted molar refractivity (Wildman–Crippen MR) is 75.9 cm³/mol. The number of carbonyl (C=O) groups excluding carboxylic acids is 1. The minimum Gasteiger partial charge on any atom is -0.373 e. The van der Waals surface area contributed by atoms with Crippen molar-refractivity contribution in [1.29, 1.82) is 0 Å². The largest absolute Gasteiger partial charge is 0.373 e. The first-order chi connectivity index (χ1) is 8.74. The molecule has 0 aromatic rings. The van der Waals surface area contributed by atoms with Crippen molar-refractivity contribution in [3.8, 4) is 0 Å². The van der Waals surface area contributed by atoms with Crippen molar-refractivity contribution in [3.05, 3.63) is 0 Å². The first-order valence-electron chi connectivity index (χ1n) is 7.64. The number of rotatable bonds is 12. The van der Waals surface area contributed by atoms with E-state index in [0.717, 1.165) is 12.8 Å². The molecule has 0 aliphatic rings. The summed E-state index contributed by atoms with van der Waals surface area (Å²) in [5.74, 6) is 5.20. The zero-order valence-electron chi connectivity index (χ0n) is 12.2. The highest BCUT2D eigenvalue weighted by molar-refractivity contribution is 5.68. The summed E-state index contributed by atoms with van der Waals surface area (Å²) < 4.78 is 0. The molecule has 0 saturated carbocycles. The maximum absolute atomic E-state index is 11.0. The lowest BCUT2D eigenvalue weighted by molar-refractivity contribution is -0.144. The molecule has 0 aliphatic heterocycles. The highest BCUT2D eigenvalue weighted by Gasteiger charge is 2.09.